The van der Waals surface area contributed by atoms with Crippen LogP contribution >= 0.6 is 0 Å². The summed E-state index contributed by atoms with van der Waals surface area (Å²) >= 11 is 0. The normalized spacial score (nSPS) is 23.8. The largest absolute Gasteiger partial charge is 0.444 e. The molecule has 1 unspecified atom stereocenters. The molecule has 0 spiro atoms. The number of rotatable bonds is 1. The van der Waals surface area contributed by atoms with E-state index in [-0.39, 0.29) is 18.9 Å². The number of ether oxygens (including phenoxy) is 1. The van der Waals surface area contributed by atoms with Crippen LogP contribution in [0.2, 0.25) is 0 Å². The van der Waals surface area contributed by atoms with Gasteiger partial charge in [0, 0.05) is 6.54 Å². The number of amides is 1. The number of carbonyl (C=O) groups is 1. The fourth-order valence-corrected chi connectivity index (χ4v) is 2.15. The molecule has 0 bridgehead atoms. The molecule has 0 N–H and O–H groups in total. The molecule has 20 heavy (non-hydrogen) atoms. The number of hydrogen-bond acceptors (Lipinski definition) is 5. The Balaban J connectivity index is 2.10. The monoisotopic (exact) mass is 285 g/mol. The molecule has 1 fully saturated rings. The Morgan fingerprint density at radius 3 is 2.75 bits per heavy atom. The van der Waals surface area contributed by atoms with E-state index in [0.29, 0.717) is 18.8 Å². The summed E-state index contributed by atoms with van der Waals surface area (Å²) < 4.78 is 25.1. The summed E-state index contributed by atoms with van der Waals surface area (Å²) in [5.41, 5.74) is -2.40. The van der Waals surface area contributed by atoms with Crippen LogP contribution in [0, 0.1) is 6.92 Å². The van der Waals surface area contributed by atoms with E-state index >= 15 is 0 Å². The highest BCUT2D eigenvalue weighted by atomic mass is 19.1. The highest BCUT2D eigenvalue weighted by Crippen LogP contribution is 2.35. The van der Waals surface area contributed by atoms with E-state index in [1.54, 1.807) is 27.7 Å². The van der Waals surface area contributed by atoms with Crippen LogP contribution in [0.1, 0.15) is 45.3 Å². The Morgan fingerprint density at radius 1 is 1.50 bits per heavy atom. The second-order valence-corrected chi connectivity index (χ2v) is 6.12. The molecule has 1 aromatic heterocycles. The van der Waals surface area contributed by atoms with Gasteiger partial charge in [0.15, 0.2) is 5.82 Å². The Hall–Kier alpha value is -1.66. The first-order chi connectivity index (χ1) is 9.20. The maximum Gasteiger partial charge on any atom is 0.410 e. The molecule has 1 amide bonds. The van der Waals surface area contributed by atoms with E-state index in [1.165, 1.54) is 4.90 Å². The summed E-state index contributed by atoms with van der Waals surface area (Å²) in [6.07, 6.45) is 0.265. The quantitative estimate of drug-likeness (QED) is 0.793. The molecule has 1 atom stereocenters. The third kappa shape index (κ3) is 3.26. The zero-order chi connectivity index (χ0) is 15.0. The number of hydrogen-bond donors (Lipinski definition) is 0. The van der Waals surface area contributed by atoms with Crippen molar-refractivity contribution in [3.05, 3.63) is 11.7 Å². The molecule has 112 valence electrons. The number of halogens is 1. The summed E-state index contributed by atoms with van der Waals surface area (Å²) in [4.78, 5) is 17.3. The van der Waals surface area contributed by atoms with Gasteiger partial charge in [0.2, 0.25) is 5.67 Å². The molecule has 0 saturated carbocycles. The SMILES string of the molecule is Cc1noc(C2(F)CCCN(C(=O)OC(C)(C)C)C2)n1. The average molecular weight is 285 g/mol. The molecule has 1 saturated heterocycles. The van der Waals surface area contributed by atoms with Crippen molar-refractivity contribution in [2.45, 2.75) is 51.8 Å². The summed E-state index contributed by atoms with van der Waals surface area (Å²) in [5, 5.41) is 3.61. The van der Waals surface area contributed by atoms with Gasteiger partial charge in [-0.2, -0.15) is 4.98 Å². The Labute approximate surface area is 117 Å². The van der Waals surface area contributed by atoms with E-state index in [2.05, 4.69) is 10.1 Å². The van der Waals surface area contributed by atoms with E-state index < -0.39 is 17.4 Å². The molecule has 7 heteroatoms. The molecule has 1 aliphatic rings. The molecular formula is C13H20FN3O3. The van der Waals surface area contributed by atoms with Crippen molar-refractivity contribution in [3.8, 4) is 0 Å². The molecule has 6 nitrogen and oxygen atoms in total. The van der Waals surface area contributed by atoms with Gasteiger partial charge in [-0.1, -0.05) is 5.16 Å². The minimum Gasteiger partial charge on any atom is -0.444 e. The predicted molar refractivity (Wildman–Crippen MR) is 68.9 cm³/mol. The van der Waals surface area contributed by atoms with Crippen LogP contribution in [0.25, 0.3) is 0 Å². The number of carbonyl (C=O) groups excluding carboxylic acids is 1. The topological polar surface area (TPSA) is 68.5 Å². The molecule has 1 aliphatic heterocycles. The third-order valence-corrected chi connectivity index (χ3v) is 3.01. The lowest BCUT2D eigenvalue weighted by Gasteiger charge is -2.35. The molecule has 0 aliphatic carbocycles. The minimum absolute atomic E-state index is 0.0664. The van der Waals surface area contributed by atoms with Gasteiger partial charge in [-0.05, 0) is 40.5 Å². The smallest absolute Gasteiger partial charge is 0.410 e. The van der Waals surface area contributed by atoms with E-state index in [9.17, 15) is 9.18 Å². The molecule has 0 radical (unpaired) electrons. The summed E-state index contributed by atoms with van der Waals surface area (Å²) in [7, 11) is 0. The Morgan fingerprint density at radius 2 is 2.20 bits per heavy atom. The van der Waals surface area contributed by atoms with Crippen molar-refractivity contribution in [2.24, 2.45) is 0 Å². The number of nitrogens with zero attached hydrogens (tertiary/aromatic N) is 3. The second-order valence-electron chi connectivity index (χ2n) is 6.12. The van der Waals surface area contributed by atoms with Gasteiger partial charge in [-0.25, -0.2) is 9.18 Å². The van der Waals surface area contributed by atoms with Crippen LogP contribution in [0.4, 0.5) is 9.18 Å². The van der Waals surface area contributed by atoms with Crippen LogP contribution in [0.3, 0.4) is 0 Å². The van der Waals surface area contributed by atoms with Crippen LogP contribution in [0.5, 0.6) is 0 Å². The van der Waals surface area contributed by atoms with Gasteiger partial charge in [0.25, 0.3) is 5.89 Å². The van der Waals surface area contributed by atoms with Crippen LogP contribution in [0.15, 0.2) is 4.52 Å². The summed E-state index contributed by atoms with van der Waals surface area (Å²) in [5.74, 6) is 0.315. The van der Waals surface area contributed by atoms with Crippen molar-refractivity contribution >= 4 is 6.09 Å². The number of alkyl halides is 1. The fourth-order valence-electron chi connectivity index (χ4n) is 2.15. The van der Waals surface area contributed by atoms with Crippen molar-refractivity contribution < 1.29 is 18.4 Å². The number of piperidine rings is 1. The van der Waals surface area contributed by atoms with Crippen molar-refractivity contribution in [1.82, 2.24) is 15.0 Å². The van der Waals surface area contributed by atoms with Crippen molar-refractivity contribution in [2.75, 3.05) is 13.1 Å². The lowest BCUT2D eigenvalue weighted by atomic mass is 9.95. The maximum absolute atomic E-state index is 14.9. The first-order valence-corrected chi connectivity index (χ1v) is 6.67. The van der Waals surface area contributed by atoms with Crippen LogP contribution in [-0.2, 0) is 10.4 Å². The maximum atomic E-state index is 14.9. The van der Waals surface area contributed by atoms with Gasteiger partial charge < -0.3 is 14.2 Å². The number of aryl methyl sites for hydroxylation is 1. The summed E-state index contributed by atoms with van der Waals surface area (Å²) in [6.45, 7) is 7.30. The highest BCUT2D eigenvalue weighted by Gasteiger charge is 2.44. The van der Waals surface area contributed by atoms with Crippen LogP contribution in [-0.4, -0.2) is 39.8 Å². The summed E-state index contributed by atoms with van der Waals surface area (Å²) in [6, 6.07) is 0. The standard InChI is InChI=1S/C13H20FN3O3/c1-9-15-10(20-16-9)13(14)6-5-7-17(8-13)11(18)19-12(2,3)4/h5-8H2,1-4H3. The Bertz CT molecular complexity index is 497. The molecule has 1 aromatic rings. The van der Waals surface area contributed by atoms with Gasteiger partial charge >= 0.3 is 6.09 Å². The first kappa shape index (κ1) is 14.7. The predicted octanol–water partition coefficient (Wildman–Crippen LogP) is 2.57. The van der Waals surface area contributed by atoms with Gasteiger partial charge in [-0.3, -0.25) is 0 Å². The zero-order valence-electron chi connectivity index (χ0n) is 12.3. The number of aromatic nitrogens is 2. The fraction of sp³-hybridized carbons (Fsp3) is 0.769. The number of likely N-dealkylation sites (tertiary alicyclic amines) is 1. The average Bonchev–Trinajstić information content (AvgIpc) is 2.74. The zero-order valence-corrected chi connectivity index (χ0v) is 12.3. The van der Waals surface area contributed by atoms with E-state index in [0.717, 1.165) is 0 Å². The minimum atomic E-state index is -1.80. The third-order valence-electron chi connectivity index (χ3n) is 3.01. The molecule has 2 heterocycles. The van der Waals surface area contributed by atoms with Crippen molar-refractivity contribution in [3.63, 3.8) is 0 Å². The van der Waals surface area contributed by atoms with Crippen molar-refractivity contribution in [1.29, 1.82) is 0 Å². The van der Waals surface area contributed by atoms with E-state index in [1.807, 2.05) is 0 Å². The lowest BCUT2D eigenvalue weighted by Crippen LogP contribution is -2.48. The van der Waals surface area contributed by atoms with Gasteiger partial charge in [-0.15, -0.1) is 0 Å². The highest BCUT2D eigenvalue weighted by molar-refractivity contribution is 5.68. The second kappa shape index (κ2) is 5.03. The molecular weight excluding hydrogens is 265 g/mol. The van der Waals surface area contributed by atoms with Gasteiger partial charge in [0.05, 0.1) is 6.54 Å². The van der Waals surface area contributed by atoms with E-state index in [4.69, 9.17) is 9.26 Å². The molecule has 0 aromatic carbocycles. The lowest BCUT2D eigenvalue weighted by molar-refractivity contribution is -0.0162. The first-order valence-electron chi connectivity index (χ1n) is 6.67. The molecule has 2 rings (SSSR count). The van der Waals surface area contributed by atoms with Gasteiger partial charge in [0.1, 0.15) is 5.60 Å². The Kier molecular flexibility index (Phi) is 3.71. The van der Waals surface area contributed by atoms with Crippen LogP contribution < -0.4 is 0 Å².